The molecule has 2 rings (SSSR count). The molecular weight excluding hydrogens is 493 g/mol. The van der Waals surface area contributed by atoms with E-state index >= 15 is 0 Å². The van der Waals surface area contributed by atoms with E-state index in [2.05, 4.69) is 5.32 Å². The first-order chi connectivity index (χ1) is 16.4. The molecule has 192 valence electrons. The Morgan fingerprint density at radius 3 is 2.20 bits per heavy atom. The highest BCUT2D eigenvalue weighted by atomic mass is 35.5. The molecule has 0 saturated heterocycles. The molecule has 0 fully saturated rings. The second-order valence-corrected chi connectivity index (χ2v) is 10.9. The van der Waals surface area contributed by atoms with Gasteiger partial charge in [0.15, 0.2) is 0 Å². The Hall–Kier alpha value is -2.65. The number of amides is 2. The zero-order valence-corrected chi connectivity index (χ0v) is 22.1. The van der Waals surface area contributed by atoms with Gasteiger partial charge in [-0.2, -0.15) is 0 Å². The molecule has 1 N–H and O–H groups in total. The van der Waals surface area contributed by atoms with E-state index in [0.29, 0.717) is 10.7 Å². The number of nitrogens with one attached hydrogen (secondary N) is 1. The van der Waals surface area contributed by atoms with Crippen LogP contribution < -0.4 is 9.62 Å². The number of sulfonamides is 1. The molecule has 0 radical (unpaired) electrons. The van der Waals surface area contributed by atoms with Crippen LogP contribution in [0.25, 0.3) is 0 Å². The quantitative estimate of drug-likeness (QED) is 0.446. The van der Waals surface area contributed by atoms with E-state index < -0.39 is 21.9 Å². The van der Waals surface area contributed by atoms with Gasteiger partial charge in [-0.1, -0.05) is 30.7 Å². The summed E-state index contributed by atoms with van der Waals surface area (Å²) in [5.41, 5.74) is 1.13. The van der Waals surface area contributed by atoms with Gasteiger partial charge in [0, 0.05) is 30.6 Å². The third-order valence-electron chi connectivity index (χ3n) is 5.70. The number of carbonyl (C=O) groups excluding carboxylic acids is 2. The smallest absolute Gasteiger partial charge is 0.242 e. The maximum Gasteiger partial charge on any atom is 0.242 e. The molecule has 0 heterocycles. The highest BCUT2D eigenvalue weighted by molar-refractivity contribution is 7.92. The molecule has 2 atom stereocenters. The van der Waals surface area contributed by atoms with Gasteiger partial charge in [-0.25, -0.2) is 12.8 Å². The van der Waals surface area contributed by atoms with Gasteiger partial charge in [-0.05, 0) is 68.7 Å². The molecule has 0 aliphatic rings. The molecule has 0 aliphatic carbocycles. The first-order valence-corrected chi connectivity index (χ1v) is 13.7. The summed E-state index contributed by atoms with van der Waals surface area (Å²) in [5, 5.41) is 3.47. The average Bonchev–Trinajstić information content (AvgIpc) is 2.80. The summed E-state index contributed by atoms with van der Waals surface area (Å²) in [7, 11) is -3.64. The van der Waals surface area contributed by atoms with E-state index in [1.54, 1.807) is 31.2 Å². The Labute approximate surface area is 212 Å². The number of rotatable bonds is 12. The van der Waals surface area contributed by atoms with Crippen LogP contribution in [0.3, 0.4) is 0 Å². The molecule has 0 saturated carbocycles. The van der Waals surface area contributed by atoms with Gasteiger partial charge in [0.1, 0.15) is 11.9 Å². The van der Waals surface area contributed by atoms with Gasteiger partial charge in [0.2, 0.25) is 21.8 Å². The third kappa shape index (κ3) is 8.81. The lowest BCUT2D eigenvalue weighted by Crippen LogP contribution is -2.49. The lowest BCUT2D eigenvalue weighted by Gasteiger charge is -2.30. The summed E-state index contributed by atoms with van der Waals surface area (Å²) >= 11 is 5.97. The van der Waals surface area contributed by atoms with E-state index in [1.165, 1.54) is 29.2 Å². The number of carbonyl (C=O) groups is 2. The van der Waals surface area contributed by atoms with Crippen molar-refractivity contribution in [2.75, 3.05) is 17.1 Å². The van der Waals surface area contributed by atoms with Crippen LogP contribution in [0, 0.1) is 5.82 Å². The van der Waals surface area contributed by atoms with E-state index in [9.17, 15) is 22.4 Å². The van der Waals surface area contributed by atoms with Crippen LogP contribution in [0.1, 0.15) is 45.6 Å². The molecule has 0 aliphatic heterocycles. The molecule has 0 bridgehead atoms. The summed E-state index contributed by atoms with van der Waals surface area (Å²) in [6.45, 7) is 5.77. The van der Waals surface area contributed by atoms with Crippen LogP contribution in [0.4, 0.5) is 10.1 Å². The maximum atomic E-state index is 13.3. The van der Waals surface area contributed by atoms with Crippen molar-refractivity contribution in [3.63, 3.8) is 0 Å². The molecule has 0 aromatic heterocycles. The lowest BCUT2D eigenvalue weighted by atomic mass is 10.1. The lowest BCUT2D eigenvalue weighted by molar-refractivity contribution is -0.140. The van der Waals surface area contributed by atoms with E-state index in [0.717, 1.165) is 22.5 Å². The summed E-state index contributed by atoms with van der Waals surface area (Å²) in [4.78, 5) is 27.5. The minimum absolute atomic E-state index is 0.0295. The van der Waals surface area contributed by atoms with E-state index in [1.807, 2.05) is 13.8 Å². The van der Waals surface area contributed by atoms with Crippen molar-refractivity contribution in [1.82, 2.24) is 10.2 Å². The van der Waals surface area contributed by atoms with Gasteiger partial charge in [0.05, 0.1) is 11.9 Å². The number of hydrogen-bond donors (Lipinski definition) is 1. The minimum atomic E-state index is -3.64. The van der Waals surface area contributed by atoms with Crippen molar-refractivity contribution in [2.24, 2.45) is 0 Å². The molecule has 0 unspecified atom stereocenters. The largest absolute Gasteiger partial charge is 0.352 e. The summed E-state index contributed by atoms with van der Waals surface area (Å²) in [6.07, 6.45) is 2.07. The highest BCUT2D eigenvalue weighted by Crippen LogP contribution is 2.20. The molecule has 2 amide bonds. The van der Waals surface area contributed by atoms with Crippen LogP contribution in [0.2, 0.25) is 5.02 Å². The Kier molecular flexibility index (Phi) is 10.5. The van der Waals surface area contributed by atoms with Crippen molar-refractivity contribution in [1.29, 1.82) is 0 Å². The van der Waals surface area contributed by atoms with Crippen LogP contribution in [-0.2, 0) is 26.2 Å². The molecule has 2 aromatic rings. The second kappa shape index (κ2) is 12.9. The summed E-state index contributed by atoms with van der Waals surface area (Å²) < 4.78 is 39.0. The van der Waals surface area contributed by atoms with Crippen molar-refractivity contribution in [3.05, 3.63) is 64.9 Å². The zero-order valence-electron chi connectivity index (χ0n) is 20.5. The third-order valence-corrected chi connectivity index (χ3v) is 7.15. The van der Waals surface area contributed by atoms with Crippen LogP contribution >= 0.6 is 11.6 Å². The number of halogens is 2. The van der Waals surface area contributed by atoms with Gasteiger partial charge in [0.25, 0.3) is 0 Å². The van der Waals surface area contributed by atoms with Gasteiger partial charge in [-0.3, -0.25) is 13.9 Å². The Morgan fingerprint density at radius 1 is 1.06 bits per heavy atom. The van der Waals surface area contributed by atoms with E-state index in [-0.39, 0.29) is 43.8 Å². The predicted octanol–water partition coefficient (Wildman–Crippen LogP) is 4.36. The normalized spacial score (nSPS) is 13.1. The van der Waals surface area contributed by atoms with Crippen LogP contribution in [0.15, 0.2) is 48.5 Å². The van der Waals surface area contributed by atoms with Crippen LogP contribution in [0.5, 0.6) is 0 Å². The minimum Gasteiger partial charge on any atom is -0.352 e. The average molecular weight is 526 g/mol. The number of hydrogen-bond acceptors (Lipinski definition) is 4. The maximum absolute atomic E-state index is 13.3. The predicted molar refractivity (Wildman–Crippen MR) is 137 cm³/mol. The topological polar surface area (TPSA) is 86.8 Å². The fraction of sp³-hybridized carbons (Fsp3) is 0.440. The molecule has 35 heavy (non-hydrogen) atoms. The fourth-order valence-corrected chi connectivity index (χ4v) is 4.54. The van der Waals surface area contributed by atoms with Gasteiger partial charge >= 0.3 is 0 Å². The number of anilines is 1. The molecular formula is C25H33ClFN3O4S. The second-order valence-electron chi connectivity index (χ2n) is 8.56. The van der Waals surface area contributed by atoms with Crippen molar-refractivity contribution in [2.45, 2.75) is 58.7 Å². The van der Waals surface area contributed by atoms with Crippen molar-refractivity contribution in [3.8, 4) is 0 Å². The highest BCUT2D eigenvalue weighted by Gasteiger charge is 2.27. The van der Waals surface area contributed by atoms with Gasteiger partial charge in [-0.15, -0.1) is 0 Å². The molecule has 7 nitrogen and oxygen atoms in total. The molecule has 10 heteroatoms. The number of nitrogens with zero attached hydrogens (tertiary/aromatic N) is 2. The number of benzene rings is 2. The van der Waals surface area contributed by atoms with Gasteiger partial charge < -0.3 is 10.2 Å². The first kappa shape index (κ1) is 28.6. The summed E-state index contributed by atoms with van der Waals surface area (Å²) in [6, 6.07) is 11.4. The Bertz CT molecular complexity index is 1090. The standard InChI is InChI=1S/C25H33ClFN3O4S/c1-5-18(2)28-25(32)19(3)29(17-20-8-10-21(26)11-9-20)24(31)7-6-16-30(35(4,33)34)23-14-12-22(27)13-15-23/h8-15,18-19H,5-7,16-17H2,1-4H3,(H,28,32)/t18-,19+/m0/s1. The van der Waals surface area contributed by atoms with E-state index in [4.69, 9.17) is 11.6 Å². The monoisotopic (exact) mass is 525 g/mol. The molecule has 0 spiro atoms. The van der Waals surface area contributed by atoms with Crippen molar-refractivity contribution < 1.29 is 22.4 Å². The Balaban J connectivity index is 2.15. The summed E-state index contributed by atoms with van der Waals surface area (Å²) in [5.74, 6) is -1.01. The molecule has 2 aromatic carbocycles. The fourth-order valence-electron chi connectivity index (χ4n) is 3.45. The Morgan fingerprint density at radius 2 is 1.66 bits per heavy atom. The zero-order chi connectivity index (χ0) is 26.2. The first-order valence-electron chi connectivity index (χ1n) is 11.5. The van der Waals surface area contributed by atoms with Crippen molar-refractivity contribution >= 4 is 39.1 Å². The SMILES string of the molecule is CC[C@H](C)NC(=O)[C@@H](C)N(Cc1ccc(Cl)cc1)C(=O)CCCN(c1ccc(F)cc1)S(C)(=O)=O. The van der Waals surface area contributed by atoms with Crippen LogP contribution in [-0.4, -0.2) is 50.0 Å².